The van der Waals surface area contributed by atoms with E-state index in [4.69, 9.17) is 4.42 Å². The molecule has 2 aromatic heterocycles. The third-order valence-corrected chi connectivity index (χ3v) is 3.74. The summed E-state index contributed by atoms with van der Waals surface area (Å²) in [5.74, 6) is 0.228. The molecule has 4 rings (SSSR count). The number of fused-ring (bicyclic) bond motifs is 3. The monoisotopic (exact) mass is 275 g/mol. The summed E-state index contributed by atoms with van der Waals surface area (Å²) in [5, 5.41) is 11.6. The second-order valence-corrected chi connectivity index (χ2v) is 5.14. The normalized spacial score (nSPS) is 11.3. The lowest BCUT2D eigenvalue weighted by atomic mass is 9.97. The second-order valence-electron chi connectivity index (χ2n) is 5.14. The molecule has 0 spiro atoms. The van der Waals surface area contributed by atoms with Crippen LogP contribution in [0.2, 0.25) is 0 Å². The maximum Gasteiger partial charge on any atom is 0.227 e. The van der Waals surface area contributed by atoms with Crippen molar-refractivity contribution in [2.24, 2.45) is 0 Å². The van der Waals surface area contributed by atoms with E-state index < -0.39 is 0 Å². The highest BCUT2D eigenvalue weighted by Crippen LogP contribution is 2.38. The van der Waals surface area contributed by atoms with Crippen molar-refractivity contribution < 1.29 is 9.52 Å². The number of aryl methyl sites for hydroxylation is 1. The fraction of sp³-hybridized carbons (Fsp3) is 0.0556. The van der Waals surface area contributed by atoms with Crippen molar-refractivity contribution in [2.45, 2.75) is 6.92 Å². The maximum absolute atomic E-state index is 9.78. The Bertz CT molecular complexity index is 955. The number of benzene rings is 2. The molecule has 0 fully saturated rings. The summed E-state index contributed by atoms with van der Waals surface area (Å²) in [6.07, 6.45) is 1.83. The number of aromatic nitrogens is 1. The number of hydrogen-bond acceptors (Lipinski definition) is 3. The van der Waals surface area contributed by atoms with E-state index >= 15 is 0 Å². The van der Waals surface area contributed by atoms with Crippen molar-refractivity contribution in [1.29, 1.82) is 0 Å². The van der Waals surface area contributed by atoms with Crippen LogP contribution in [-0.2, 0) is 0 Å². The zero-order valence-corrected chi connectivity index (χ0v) is 11.5. The van der Waals surface area contributed by atoms with E-state index in [1.165, 1.54) is 0 Å². The summed E-state index contributed by atoms with van der Waals surface area (Å²) in [6, 6.07) is 15.3. The summed E-state index contributed by atoms with van der Waals surface area (Å²) in [4.78, 5) is 4.39. The van der Waals surface area contributed by atoms with Crippen LogP contribution >= 0.6 is 0 Å². The van der Waals surface area contributed by atoms with Gasteiger partial charge in [0.2, 0.25) is 5.71 Å². The zero-order chi connectivity index (χ0) is 14.4. The Morgan fingerprint density at radius 1 is 1.05 bits per heavy atom. The number of aromatic hydroxyl groups is 1. The Morgan fingerprint density at radius 3 is 2.67 bits per heavy atom. The van der Waals surface area contributed by atoms with Crippen molar-refractivity contribution in [2.75, 3.05) is 0 Å². The smallest absolute Gasteiger partial charge is 0.227 e. The minimum absolute atomic E-state index is 0.228. The van der Waals surface area contributed by atoms with Crippen molar-refractivity contribution in [3.05, 3.63) is 60.3 Å². The number of hydrogen-bond donors (Lipinski definition) is 1. The molecule has 0 saturated carbocycles. The van der Waals surface area contributed by atoms with Crippen LogP contribution in [0.1, 0.15) is 5.56 Å². The van der Waals surface area contributed by atoms with Crippen molar-refractivity contribution in [3.8, 4) is 16.9 Å². The predicted molar refractivity (Wildman–Crippen MR) is 83.4 cm³/mol. The van der Waals surface area contributed by atoms with Crippen molar-refractivity contribution in [1.82, 2.24) is 4.98 Å². The van der Waals surface area contributed by atoms with Gasteiger partial charge in [-0.05, 0) is 41.8 Å². The van der Waals surface area contributed by atoms with Gasteiger partial charge in [0.25, 0.3) is 0 Å². The minimum Gasteiger partial charge on any atom is -0.508 e. The van der Waals surface area contributed by atoms with Crippen LogP contribution in [0.25, 0.3) is 33.2 Å². The van der Waals surface area contributed by atoms with Gasteiger partial charge in [0.1, 0.15) is 11.3 Å². The molecule has 0 atom stereocenters. The number of phenols is 1. The molecule has 2 heterocycles. The quantitative estimate of drug-likeness (QED) is 0.549. The topological polar surface area (TPSA) is 46.3 Å². The van der Waals surface area contributed by atoms with Crippen LogP contribution in [0.5, 0.6) is 5.75 Å². The van der Waals surface area contributed by atoms with Gasteiger partial charge >= 0.3 is 0 Å². The van der Waals surface area contributed by atoms with Crippen LogP contribution in [0.15, 0.2) is 59.1 Å². The molecule has 4 aromatic rings. The van der Waals surface area contributed by atoms with Gasteiger partial charge in [0, 0.05) is 11.6 Å². The summed E-state index contributed by atoms with van der Waals surface area (Å²) in [7, 11) is 0. The number of pyridine rings is 1. The minimum atomic E-state index is 0.228. The summed E-state index contributed by atoms with van der Waals surface area (Å²) < 4.78 is 5.80. The molecule has 0 radical (unpaired) electrons. The number of rotatable bonds is 1. The second kappa shape index (κ2) is 4.35. The van der Waals surface area contributed by atoms with E-state index in [0.29, 0.717) is 5.71 Å². The predicted octanol–water partition coefficient (Wildman–Crippen LogP) is 4.66. The van der Waals surface area contributed by atoms with E-state index in [1.54, 1.807) is 18.2 Å². The molecule has 0 saturated heterocycles. The highest BCUT2D eigenvalue weighted by atomic mass is 16.3. The van der Waals surface area contributed by atoms with E-state index in [-0.39, 0.29) is 5.75 Å². The van der Waals surface area contributed by atoms with Gasteiger partial charge in [-0.25, -0.2) is 4.98 Å². The average Bonchev–Trinajstić information content (AvgIpc) is 2.86. The molecule has 0 aliphatic rings. The lowest BCUT2D eigenvalue weighted by Gasteiger charge is -2.07. The van der Waals surface area contributed by atoms with Crippen LogP contribution in [-0.4, -0.2) is 10.1 Å². The highest BCUT2D eigenvalue weighted by molar-refractivity contribution is 6.12. The van der Waals surface area contributed by atoms with Gasteiger partial charge in [-0.3, -0.25) is 0 Å². The zero-order valence-electron chi connectivity index (χ0n) is 11.5. The molecule has 0 amide bonds. The van der Waals surface area contributed by atoms with Gasteiger partial charge in [0.15, 0.2) is 0 Å². The Labute approximate surface area is 121 Å². The fourth-order valence-corrected chi connectivity index (χ4v) is 2.80. The summed E-state index contributed by atoms with van der Waals surface area (Å²) >= 11 is 0. The van der Waals surface area contributed by atoms with E-state index in [2.05, 4.69) is 17.1 Å². The summed E-state index contributed by atoms with van der Waals surface area (Å²) in [5.41, 5.74) is 4.64. The molecule has 0 aliphatic carbocycles. The first-order valence-electron chi connectivity index (χ1n) is 6.80. The fourth-order valence-electron chi connectivity index (χ4n) is 2.80. The first-order valence-corrected chi connectivity index (χ1v) is 6.80. The van der Waals surface area contributed by atoms with Crippen LogP contribution in [0.3, 0.4) is 0 Å². The van der Waals surface area contributed by atoms with Crippen LogP contribution < -0.4 is 0 Å². The highest BCUT2D eigenvalue weighted by Gasteiger charge is 2.16. The molecule has 102 valence electrons. The standard InChI is InChI=1S/C18H13NO2/c1-11-10-19-18-17(16(11)12-5-3-2-4-6-12)14-9-13(20)7-8-15(14)21-18/h2-10,20H,1H3. The van der Waals surface area contributed by atoms with Gasteiger partial charge < -0.3 is 9.52 Å². The molecule has 1 N–H and O–H groups in total. The Morgan fingerprint density at radius 2 is 1.86 bits per heavy atom. The van der Waals surface area contributed by atoms with E-state index in [1.807, 2.05) is 31.3 Å². The summed E-state index contributed by atoms with van der Waals surface area (Å²) in [6.45, 7) is 2.04. The lowest BCUT2D eigenvalue weighted by Crippen LogP contribution is -1.87. The molecule has 3 nitrogen and oxygen atoms in total. The molecule has 3 heteroatoms. The number of phenolic OH excluding ortho intramolecular Hbond substituents is 1. The molecular weight excluding hydrogens is 262 g/mol. The molecule has 21 heavy (non-hydrogen) atoms. The first kappa shape index (κ1) is 12.0. The van der Waals surface area contributed by atoms with E-state index in [9.17, 15) is 5.11 Å². The Balaban J connectivity index is 2.21. The Kier molecular flexibility index (Phi) is 2.48. The van der Waals surface area contributed by atoms with Gasteiger partial charge in [-0.15, -0.1) is 0 Å². The number of furan rings is 1. The van der Waals surface area contributed by atoms with Gasteiger partial charge in [-0.1, -0.05) is 30.3 Å². The van der Waals surface area contributed by atoms with Crippen molar-refractivity contribution in [3.63, 3.8) is 0 Å². The van der Waals surface area contributed by atoms with E-state index in [0.717, 1.165) is 33.0 Å². The molecular formula is C18H13NO2. The lowest BCUT2D eigenvalue weighted by molar-refractivity contribution is 0.476. The molecule has 2 aromatic carbocycles. The third-order valence-electron chi connectivity index (χ3n) is 3.74. The average molecular weight is 275 g/mol. The first-order chi connectivity index (χ1) is 10.2. The maximum atomic E-state index is 9.78. The van der Waals surface area contributed by atoms with Crippen LogP contribution in [0.4, 0.5) is 0 Å². The van der Waals surface area contributed by atoms with Crippen molar-refractivity contribution >= 4 is 22.1 Å². The van der Waals surface area contributed by atoms with Gasteiger partial charge in [0.05, 0.1) is 5.39 Å². The Hall–Kier alpha value is -2.81. The molecule has 0 unspecified atom stereocenters. The molecule has 0 bridgehead atoms. The van der Waals surface area contributed by atoms with Gasteiger partial charge in [-0.2, -0.15) is 0 Å². The third kappa shape index (κ3) is 1.78. The molecule has 0 aliphatic heterocycles. The SMILES string of the molecule is Cc1cnc2oc3ccc(O)cc3c2c1-c1ccccc1. The number of nitrogens with zero attached hydrogens (tertiary/aromatic N) is 1. The largest absolute Gasteiger partial charge is 0.508 e. The van der Waals surface area contributed by atoms with Crippen LogP contribution in [0, 0.1) is 6.92 Å².